The van der Waals surface area contributed by atoms with Crippen LogP contribution in [0.5, 0.6) is 6.01 Å². The lowest BCUT2D eigenvalue weighted by atomic mass is 9.97. The highest BCUT2D eigenvalue weighted by Crippen LogP contribution is 2.21. The van der Waals surface area contributed by atoms with Gasteiger partial charge in [0.05, 0.1) is 13.1 Å². The molecule has 1 saturated heterocycles. The number of cyclic esters (lactones) is 1. The van der Waals surface area contributed by atoms with Gasteiger partial charge in [-0.05, 0) is 20.3 Å². The molecule has 31 heavy (non-hydrogen) atoms. The van der Waals surface area contributed by atoms with Gasteiger partial charge in [0.15, 0.2) is 5.82 Å². The van der Waals surface area contributed by atoms with E-state index < -0.39 is 0 Å². The molecule has 0 bridgehead atoms. The molecule has 1 aromatic rings. The first-order valence-electron chi connectivity index (χ1n) is 10.2. The number of amides is 1. The van der Waals surface area contributed by atoms with Crippen molar-refractivity contribution in [1.29, 1.82) is 0 Å². The summed E-state index contributed by atoms with van der Waals surface area (Å²) in [4.78, 5) is 23.7. The van der Waals surface area contributed by atoms with Crippen LogP contribution in [0.2, 0.25) is 0 Å². The van der Waals surface area contributed by atoms with Crippen molar-refractivity contribution in [3.63, 3.8) is 0 Å². The van der Waals surface area contributed by atoms with Crippen LogP contribution in [0.25, 0.3) is 0 Å². The van der Waals surface area contributed by atoms with Crippen molar-refractivity contribution in [2.45, 2.75) is 20.3 Å². The van der Waals surface area contributed by atoms with E-state index in [1.807, 2.05) is 31.5 Å². The van der Waals surface area contributed by atoms with Gasteiger partial charge >= 0.3 is 12.1 Å². The van der Waals surface area contributed by atoms with E-state index in [0.29, 0.717) is 31.3 Å². The van der Waals surface area contributed by atoms with Gasteiger partial charge in [0.2, 0.25) is 0 Å². The Balaban J connectivity index is 1.69. The smallest absolute Gasteiger partial charge is 0.410 e. The van der Waals surface area contributed by atoms with E-state index in [2.05, 4.69) is 46.1 Å². The van der Waals surface area contributed by atoms with Crippen LogP contribution >= 0.6 is 0 Å². The first kappa shape index (κ1) is 22.1. The highest BCUT2D eigenvalue weighted by atomic mass is 16.6. The molecular formula is C22H28N6O3. The van der Waals surface area contributed by atoms with E-state index in [9.17, 15) is 4.79 Å². The Kier molecular flexibility index (Phi) is 7.80. The van der Waals surface area contributed by atoms with Gasteiger partial charge < -0.3 is 19.3 Å². The molecule has 1 fully saturated rings. The zero-order valence-corrected chi connectivity index (χ0v) is 17.9. The van der Waals surface area contributed by atoms with Crippen molar-refractivity contribution in [3.05, 3.63) is 54.9 Å². The molecule has 164 valence electrons. The molecule has 0 spiro atoms. The van der Waals surface area contributed by atoms with Crippen LogP contribution in [-0.4, -0.2) is 53.5 Å². The van der Waals surface area contributed by atoms with Crippen LogP contribution in [-0.2, 0) is 4.74 Å². The van der Waals surface area contributed by atoms with Gasteiger partial charge in [-0.3, -0.25) is 5.43 Å². The molecule has 1 aliphatic carbocycles. The summed E-state index contributed by atoms with van der Waals surface area (Å²) in [5, 5.41) is 4.34. The SMILES string of the molecule is C=CN(/C=C\C)c1cc(N/N=C/C2C=CC=C(C)C2)nc(OCCN2CCOC2=O)n1. The second kappa shape index (κ2) is 11.0. The molecule has 0 aromatic carbocycles. The quantitative estimate of drug-likeness (QED) is 0.452. The Morgan fingerprint density at radius 2 is 2.35 bits per heavy atom. The summed E-state index contributed by atoms with van der Waals surface area (Å²) in [7, 11) is 0. The molecule has 0 radical (unpaired) electrons. The molecule has 0 saturated carbocycles. The molecule has 3 rings (SSSR count). The number of rotatable bonds is 10. The lowest BCUT2D eigenvalue weighted by Gasteiger charge is -2.17. The second-order valence-electron chi connectivity index (χ2n) is 7.07. The molecule has 1 aromatic heterocycles. The van der Waals surface area contributed by atoms with Crippen molar-refractivity contribution >= 4 is 23.9 Å². The van der Waals surface area contributed by atoms with Crippen molar-refractivity contribution in [1.82, 2.24) is 14.9 Å². The van der Waals surface area contributed by atoms with E-state index in [1.165, 1.54) is 5.57 Å². The van der Waals surface area contributed by atoms with Gasteiger partial charge in [0, 0.05) is 30.6 Å². The van der Waals surface area contributed by atoms with E-state index in [4.69, 9.17) is 9.47 Å². The highest BCUT2D eigenvalue weighted by Gasteiger charge is 2.21. The van der Waals surface area contributed by atoms with Crippen LogP contribution in [0.3, 0.4) is 0 Å². The number of hydrogen-bond acceptors (Lipinski definition) is 8. The Morgan fingerprint density at radius 3 is 3.06 bits per heavy atom. The largest absolute Gasteiger partial charge is 0.461 e. The Morgan fingerprint density at radius 1 is 1.48 bits per heavy atom. The van der Waals surface area contributed by atoms with Gasteiger partial charge in [-0.25, -0.2) is 4.79 Å². The van der Waals surface area contributed by atoms with E-state index in [1.54, 1.807) is 22.1 Å². The molecule has 1 aliphatic heterocycles. The topological polar surface area (TPSA) is 92.2 Å². The fraction of sp³-hybridized carbons (Fsp3) is 0.364. The van der Waals surface area contributed by atoms with Crippen LogP contribution < -0.4 is 15.1 Å². The summed E-state index contributed by atoms with van der Waals surface area (Å²) in [6.45, 7) is 9.43. The van der Waals surface area contributed by atoms with Crippen LogP contribution in [0.1, 0.15) is 20.3 Å². The zero-order valence-electron chi connectivity index (χ0n) is 17.9. The van der Waals surface area contributed by atoms with Gasteiger partial charge in [0.1, 0.15) is 19.0 Å². The van der Waals surface area contributed by atoms with Crippen LogP contribution in [0.4, 0.5) is 16.4 Å². The molecular weight excluding hydrogens is 396 g/mol. The summed E-state index contributed by atoms with van der Waals surface area (Å²) in [6.07, 6.45) is 14.1. The molecule has 9 nitrogen and oxygen atoms in total. The summed E-state index contributed by atoms with van der Waals surface area (Å²) in [5.74, 6) is 1.30. The van der Waals surface area contributed by atoms with Gasteiger partial charge in [0.25, 0.3) is 0 Å². The highest BCUT2D eigenvalue weighted by molar-refractivity contribution is 5.69. The number of carbonyl (C=O) groups is 1. The molecule has 9 heteroatoms. The fourth-order valence-electron chi connectivity index (χ4n) is 3.11. The number of ether oxygens (including phenoxy) is 2. The van der Waals surface area contributed by atoms with E-state index in [0.717, 1.165) is 6.42 Å². The third kappa shape index (κ3) is 6.43. The minimum absolute atomic E-state index is 0.176. The number of aromatic nitrogens is 2. The van der Waals surface area contributed by atoms with Gasteiger partial charge in [-0.1, -0.05) is 36.5 Å². The Hall–Kier alpha value is -3.62. The van der Waals surface area contributed by atoms with Crippen molar-refractivity contribution < 1.29 is 14.3 Å². The molecule has 1 amide bonds. The minimum Gasteiger partial charge on any atom is -0.461 e. The number of nitrogens with one attached hydrogen (secondary N) is 1. The number of allylic oxidation sites excluding steroid dienone is 5. The predicted molar refractivity (Wildman–Crippen MR) is 121 cm³/mol. The van der Waals surface area contributed by atoms with Crippen molar-refractivity contribution in [2.24, 2.45) is 11.0 Å². The van der Waals surface area contributed by atoms with Crippen LogP contribution in [0, 0.1) is 5.92 Å². The molecule has 2 heterocycles. The Bertz CT molecular complexity index is 909. The third-order valence-electron chi connectivity index (χ3n) is 4.64. The van der Waals surface area contributed by atoms with E-state index in [-0.39, 0.29) is 24.6 Å². The van der Waals surface area contributed by atoms with Crippen LogP contribution in [0.15, 0.2) is 60.0 Å². The lowest BCUT2D eigenvalue weighted by molar-refractivity contribution is 0.152. The second-order valence-corrected chi connectivity index (χ2v) is 7.07. The average molecular weight is 425 g/mol. The van der Waals surface area contributed by atoms with Crippen molar-refractivity contribution in [2.75, 3.05) is 36.6 Å². The van der Waals surface area contributed by atoms with Gasteiger partial charge in [-0.15, -0.1) is 0 Å². The first-order chi connectivity index (χ1) is 15.1. The molecule has 2 aliphatic rings. The average Bonchev–Trinajstić information content (AvgIpc) is 3.16. The zero-order chi connectivity index (χ0) is 22.1. The fourth-order valence-corrected chi connectivity index (χ4v) is 3.11. The standard InChI is InChI=1S/C22H28N6O3/c1-4-9-27(5-2)20-15-19(26-23-16-18-8-6-7-17(3)14-18)24-21(25-20)30-12-10-28-11-13-31-22(28)29/h4-9,15-16,18H,2,10-14H2,1,3H3,(H,24,25,26)/b9-4-,23-16+. The Labute approximate surface area is 182 Å². The maximum absolute atomic E-state index is 11.6. The van der Waals surface area contributed by atoms with E-state index >= 15 is 0 Å². The number of anilines is 2. The lowest BCUT2D eigenvalue weighted by Crippen LogP contribution is -2.29. The molecule has 1 atom stereocenters. The number of hydrazone groups is 1. The molecule has 1 N–H and O–H groups in total. The van der Waals surface area contributed by atoms with Crippen molar-refractivity contribution in [3.8, 4) is 6.01 Å². The third-order valence-corrected chi connectivity index (χ3v) is 4.64. The first-order valence-corrected chi connectivity index (χ1v) is 10.2. The number of hydrogen-bond donors (Lipinski definition) is 1. The summed E-state index contributed by atoms with van der Waals surface area (Å²) in [6, 6.07) is 1.93. The summed E-state index contributed by atoms with van der Waals surface area (Å²) < 4.78 is 10.6. The van der Waals surface area contributed by atoms with Gasteiger partial charge in [-0.2, -0.15) is 15.1 Å². The summed E-state index contributed by atoms with van der Waals surface area (Å²) in [5.41, 5.74) is 4.28. The number of nitrogens with zero attached hydrogens (tertiary/aromatic N) is 5. The maximum Gasteiger partial charge on any atom is 0.410 e. The minimum atomic E-state index is -0.331. The predicted octanol–water partition coefficient (Wildman–Crippen LogP) is 3.71. The monoisotopic (exact) mass is 424 g/mol. The molecule has 1 unspecified atom stereocenters. The summed E-state index contributed by atoms with van der Waals surface area (Å²) >= 11 is 0. The number of carbonyl (C=O) groups excluding carboxylic acids is 1. The normalized spacial score (nSPS) is 18.4. The maximum atomic E-state index is 11.6.